The summed E-state index contributed by atoms with van der Waals surface area (Å²) < 4.78 is 0. The molecule has 7 heteroatoms. The minimum absolute atomic E-state index is 0.388. The quantitative estimate of drug-likeness (QED) is 0.725. The molecule has 0 saturated heterocycles. The van der Waals surface area contributed by atoms with Crippen molar-refractivity contribution in [2.75, 3.05) is 5.32 Å². The van der Waals surface area contributed by atoms with E-state index in [0.29, 0.717) is 17.9 Å². The van der Waals surface area contributed by atoms with Crippen molar-refractivity contribution >= 4 is 16.6 Å². The third kappa shape index (κ3) is 2.07. The standard InChI is InChI=1S/C12H9N7/c13-5-8-6-14-10-4-2-1-3-9(10)12(8)15-7-11-16-18-19-17-11/h1-4,6H,7H2,(H,14,15)(H,16,17,18,19). The van der Waals surface area contributed by atoms with Gasteiger partial charge in [-0.25, -0.2) is 0 Å². The SMILES string of the molecule is N#Cc1cnc2ccccc2c1NCc1nn[nH]n1. The van der Waals surface area contributed by atoms with Crippen molar-refractivity contribution in [2.45, 2.75) is 6.54 Å². The summed E-state index contributed by atoms with van der Waals surface area (Å²) in [5.41, 5.74) is 2.05. The number of anilines is 1. The van der Waals surface area contributed by atoms with Gasteiger partial charge in [0.25, 0.3) is 0 Å². The number of hydrogen-bond acceptors (Lipinski definition) is 6. The summed E-state index contributed by atoms with van der Waals surface area (Å²) in [5.74, 6) is 0.532. The van der Waals surface area contributed by atoms with Gasteiger partial charge in [0.15, 0.2) is 5.82 Å². The van der Waals surface area contributed by atoms with Crippen LogP contribution in [0.5, 0.6) is 0 Å². The number of benzene rings is 1. The van der Waals surface area contributed by atoms with Gasteiger partial charge < -0.3 is 5.32 Å². The van der Waals surface area contributed by atoms with Crippen molar-refractivity contribution in [3.05, 3.63) is 41.9 Å². The van der Waals surface area contributed by atoms with E-state index < -0.39 is 0 Å². The maximum Gasteiger partial charge on any atom is 0.193 e. The first-order chi connectivity index (χ1) is 9.38. The molecule has 3 aromatic rings. The van der Waals surface area contributed by atoms with Crippen LogP contribution in [0.3, 0.4) is 0 Å². The highest BCUT2D eigenvalue weighted by Gasteiger charge is 2.09. The van der Waals surface area contributed by atoms with Gasteiger partial charge in [0.2, 0.25) is 0 Å². The highest BCUT2D eigenvalue weighted by molar-refractivity contribution is 5.93. The first-order valence-corrected chi connectivity index (χ1v) is 5.62. The molecule has 0 aliphatic carbocycles. The van der Waals surface area contributed by atoms with Crippen LogP contribution in [0.25, 0.3) is 10.9 Å². The Labute approximate surface area is 108 Å². The number of aromatic amines is 1. The van der Waals surface area contributed by atoms with Crippen LogP contribution in [-0.2, 0) is 6.54 Å². The summed E-state index contributed by atoms with van der Waals surface area (Å²) in [6.45, 7) is 0.388. The van der Waals surface area contributed by atoms with Gasteiger partial charge >= 0.3 is 0 Å². The molecule has 0 unspecified atom stereocenters. The number of nitrogens with one attached hydrogen (secondary N) is 2. The topological polar surface area (TPSA) is 103 Å². The Hall–Kier alpha value is -3.01. The number of pyridine rings is 1. The number of H-pyrrole nitrogens is 1. The normalized spacial score (nSPS) is 10.3. The summed E-state index contributed by atoms with van der Waals surface area (Å²) in [6.07, 6.45) is 1.56. The van der Waals surface area contributed by atoms with Crippen molar-refractivity contribution in [1.29, 1.82) is 5.26 Å². The molecule has 0 spiro atoms. The molecule has 19 heavy (non-hydrogen) atoms. The van der Waals surface area contributed by atoms with Crippen LogP contribution in [0.1, 0.15) is 11.4 Å². The Morgan fingerprint density at radius 2 is 2.21 bits per heavy atom. The molecule has 0 amide bonds. The fourth-order valence-electron chi connectivity index (χ4n) is 1.84. The first-order valence-electron chi connectivity index (χ1n) is 5.62. The molecule has 1 aromatic carbocycles. The zero-order valence-corrected chi connectivity index (χ0v) is 9.83. The van der Waals surface area contributed by atoms with Crippen LogP contribution >= 0.6 is 0 Å². The minimum atomic E-state index is 0.388. The largest absolute Gasteiger partial charge is 0.376 e. The Bertz CT molecular complexity index is 742. The zero-order chi connectivity index (χ0) is 13.1. The Morgan fingerprint density at radius 1 is 1.32 bits per heavy atom. The van der Waals surface area contributed by atoms with Gasteiger partial charge in [-0.05, 0) is 6.07 Å². The molecule has 0 aliphatic rings. The van der Waals surface area contributed by atoms with E-state index in [0.717, 1.165) is 16.6 Å². The van der Waals surface area contributed by atoms with E-state index in [9.17, 15) is 0 Å². The zero-order valence-electron chi connectivity index (χ0n) is 9.83. The van der Waals surface area contributed by atoms with Crippen LogP contribution < -0.4 is 5.32 Å². The predicted octanol–water partition coefficient (Wildman–Crippen LogP) is 1.23. The molecule has 0 atom stereocenters. The second-order valence-electron chi connectivity index (χ2n) is 3.86. The van der Waals surface area contributed by atoms with E-state index in [1.54, 1.807) is 6.20 Å². The third-order valence-corrected chi connectivity index (χ3v) is 2.71. The Kier molecular flexibility index (Phi) is 2.74. The molecule has 92 valence electrons. The lowest BCUT2D eigenvalue weighted by Crippen LogP contribution is -2.04. The number of nitriles is 1. The van der Waals surface area contributed by atoms with Crippen LogP contribution in [-0.4, -0.2) is 25.6 Å². The average molecular weight is 251 g/mol. The average Bonchev–Trinajstić information content (AvgIpc) is 2.97. The van der Waals surface area contributed by atoms with Gasteiger partial charge in [0.05, 0.1) is 23.3 Å². The summed E-state index contributed by atoms with van der Waals surface area (Å²) in [7, 11) is 0. The van der Waals surface area contributed by atoms with Crippen molar-refractivity contribution < 1.29 is 0 Å². The van der Waals surface area contributed by atoms with Gasteiger partial charge in [-0.2, -0.15) is 10.5 Å². The van der Waals surface area contributed by atoms with Crippen molar-refractivity contribution in [2.24, 2.45) is 0 Å². The van der Waals surface area contributed by atoms with Crippen molar-refractivity contribution in [3.63, 3.8) is 0 Å². The van der Waals surface area contributed by atoms with E-state index in [2.05, 4.69) is 37.0 Å². The molecule has 2 aromatic heterocycles. The molecule has 0 fully saturated rings. The minimum Gasteiger partial charge on any atom is -0.376 e. The van der Waals surface area contributed by atoms with Crippen LogP contribution in [0.15, 0.2) is 30.5 Å². The number of para-hydroxylation sites is 1. The van der Waals surface area contributed by atoms with E-state index >= 15 is 0 Å². The molecule has 7 nitrogen and oxygen atoms in total. The molecular weight excluding hydrogens is 242 g/mol. The summed E-state index contributed by atoms with van der Waals surface area (Å²) in [5, 5.41) is 26.8. The monoisotopic (exact) mass is 251 g/mol. The number of hydrogen-bond donors (Lipinski definition) is 2. The molecule has 2 N–H and O–H groups in total. The van der Waals surface area contributed by atoms with Crippen molar-refractivity contribution in [1.82, 2.24) is 25.6 Å². The maximum absolute atomic E-state index is 9.16. The fraction of sp³-hybridized carbons (Fsp3) is 0.0833. The number of rotatable bonds is 3. The molecule has 0 aliphatic heterocycles. The third-order valence-electron chi connectivity index (χ3n) is 2.71. The summed E-state index contributed by atoms with van der Waals surface area (Å²) in [4.78, 5) is 4.25. The predicted molar refractivity (Wildman–Crippen MR) is 68.0 cm³/mol. The molecule has 3 rings (SSSR count). The number of fused-ring (bicyclic) bond motifs is 1. The molecule has 0 radical (unpaired) electrons. The smallest absolute Gasteiger partial charge is 0.193 e. The van der Waals surface area contributed by atoms with E-state index in [-0.39, 0.29) is 0 Å². The summed E-state index contributed by atoms with van der Waals surface area (Å²) >= 11 is 0. The van der Waals surface area contributed by atoms with Crippen LogP contribution in [0.4, 0.5) is 5.69 Å². The van der Waals surface area contributed by atoms with Gasteiger partial charge in [0, 0.05) is 11.6 Å². The van der Waals surface area contributed by atoms with Gasteiger partial charge in [0.1, 0.15) is 6.07 Å². The van der Waals surface area contributed by atoms with E-state index in [4.69, 9.17) is 5.26 Å². The van der Waals surface area contributed by atoms with Crippen LogP contribution in [0, 0.1) is 11.3 Å². The second-order valence-corrected chi connectivity index (χ2v) is 3.86. The lowest BCUT2D eigenvalue weighted by molar-refractivity contribution is 0.881. The molecule has 0 saturated carbocycles. The number of nitrogens with zero attached hydrogens (tertiary/aromatic N) is 5. The lowest BCUT2D eigenvalue weighted by Gasteiger charge is -2.09. The number of aromatic nitrogens is 5. The lowest BCUT2D eigenvalue weighted by atomic mass is 10.1. The van der Waals surface area contributed by atoms with Gasteiger partial charge in [-0.3, -0.25) is 4.98 Å². The summed E-state index contributed by atoms with van der Waals surface area (Å²) in [6, 6.07) is 9.76. The molecular formula is C12H9N7. The maximum atomic E-state index is 9.16. The van der Waals surface area contributed by atoms with E-state index in [1.165, 1.54) is 0 Å². The van der Waals surface area contributed by atoms with Crippen LogP contribution in [0.2, 0.25) is 0 Å². The molecule has 0 bridgehead atoms. The Balaban J connectivity index is 2.02. The van der Waals surface area contributed by atoms with Crippen molar-refractivity contribution in [3.8, 4) is 6.07 Å². The highest BCUT2D eigenvalue weighted by atomic mass is 15.5. The fourth-order valence-corrected chi connectivity index (χ4v) is 1.84. The number of tetrazole rings is 1. The molecule has 2 heterocycles. The van der Waals surface area contributed by atoms with E-state index in [1.807, 2.05) is 24.3 Å². The van der Waals surface area contributed by atoms with Gasteiger partial charge in [-0.1, -0.05) is 23.4 Å². The Morgan fingerprint density at radius 3 is 3.00 bits per heavy atom. The first kappa shape index (κ1) is 11.1. The van der Waals surface area contributed by atoms with Gasteiger partial charge in [-0.15, -0.1) is 10.2 Å². The second kappa shape index (κ2) is 4.70. The highest BCUT2D eigenvalue weighted by Crippen LogP contribution is 2.25.